The number of pyridine rings is 1. The number of anilines is 1. The highest BCUT2D eigenvalue weighted by Gasteiger charge is 2.06. The summed E-state index contributed by atoms with van der Waals surface area (Å²) in [5.41, 5.74) is 3.00. The average molecular weight is 384 g/mol. The Morgan fingerprint density at radius 3 is 2.71 bits per heavy atom. The van der Waals surface area contributed by atoms with E-state index in [0.29, 0.717) is 6.54 Å². The van der Waals surface area contributed by atoms with Gasteiger partial charge >= 0.3 is 0 Å². The third-order valence-electron chi connectivity index (χ3n) is 3.74. The van der Waals surface area contributed by atoms with Gasteiger partial charge in [-0.25, -0.2) is 0 Å². The number of hydrogen-bond donors (Lipinski definition) is 2. The summed E-state index contributed by atoms with van der Waals surface area (Å²) >= 11 is 3.50. The van der Waals surface area contributed by atoms with E-state index in [-0.39, 0.29) is 12.5 Å². The number of halogens is 1. The Labute approximate surface area is 149 Å². The standard InChI is InChI=1S/C19H18BrN3O/c20-16-8-4-7-15-17(10-12-22-19(15)16)23-13-18(24)21-11-9-14-5-2-1-3-6-14/h1-8,10,12H,9,11,13H2,(H,21,24)(H,22,23). The van der Waals surface area contributed by atoms with Crippen molar-refractivity contribution in [3.63, 3.8) is 0 Å². The highest BCUT2D eigenvalue weighted by Crippen LogP contribution is 2.27. The first kappa shape index (κ1) is 16.5. The molecule has 0 radical (unpaired) electrons. The summed E-state index contributed by atoms with van der Waals surface area (Å²) in [7, 11) is 0. The predicted molar refractivity (Wildman–Crippen MR) is 101 cm³/mol. The quantitative estimate of drug-likeness (QED) is 0.680. The molecule has 4 nitrogen and oxygen atoms in total. The fraction of sp³-hybridized carbons (Fsp3) is 0.158. The van der Waals surface area contributed by atoms with E-state index in [1.165, 1.54) is 5.56 Å². The molecule has 0 spiro atoms. The molecule has 1 aromatic heterocycles. The lowest BCUT2D eigenvalue weighted by atomic mass is 10.1. The molecule has 0 bridgehead atoms. The van der Waals surface area contributed by atoms with Gasteiger partial charge in [0.05, 0.1) is 12.1 Å². The molecule has 0 aliphatic carbocycles. The minimum Gasteiger partial charge on any atom is -0.376 e. The zero-order valence-electron chi connectivity index (χ0n) is 13.1. The van der Waals surface area contributed by atoms with E-state index in [1.807, 2.05) is 42.5 Å². The van der Waals surface area contributed by atoms with Crippen molar-refractivity contribution in [2.24, 2.45) is 0 Å². The van der Waals surface area contributed by atoms with Crippen molar-refractivity contribution >= 4 is 38.4 Å². The SMILES string of the molecule is O=C(CNc1ccnc2c(Br)cccc12)NCCc1ccccc1. The molecule has 24 heavy (non-hydrogen) atoms. The molecule has 0 fully saturated rings. The molecule has 0 saturated heterocycles. The number of carbonyl (C=O) groups excluding carboxylic acids is 1. The maximum absolute atomic E-state index is 12.0. The Kier molecular flexibility index (Phi) is 5.43. The number of nitrogens with zero attached hydrogens (tertiary/aromatic N) is 1. The number of para-hydroxylation sites is 1. The molecular formula is C19H18BrN3O. The van der Waals surface area contributed by atoms with Crippen LogP contribution in [0.1, 0.15) is 5.56 Å². The van der Waals surface area contributed by atoms with E-state index in [1.54, 1.807) is 6.20 Å². The third kappa shape index (κ3) is 4.11. The largest absolute Gasteiger partial charge is 0.376 e. The third-order valence-corrected chi connectivity index (χ3v) is 4.38. The number of aromatic nitrogens is 1. The highest BCUT2D eigenvalue weighted by atomic mass is 79.9. The second-order valence-electron chi connectivity index (χ2n) is 5.43. The molecule has 3 rings (SSSR count). The summed E-state index contributed by atoms with van der Waals surface area (Å²) in [5, 5.41) is 7.11. The number of benzene rings is 2. The van der Waals surface area contributed by atoms with Crippen molar-refractivity contribution in [3.8, 4) is 0 Å². The van der Waals surface area contributed by atoms with E-state index in [4.69, 9.17) is 0 Å². The van der Waals surface area contributed by atoms with Crippen LogP contribution < -0.4 is 10.6 Å². The number of carbonyl (C=O) groups is 1. The lowest BCUT2D eigenvalue weighted by Crippen LogP contribution is -2.31. The number of nitrogens with one attached hydrogen (secondary N) is 2. The van der Waals surface area contributed by atoms with Gasteiger partial charge in [0.15, 0.2) is 0 Å². The summed E-state index contributed by atoms with van der Waals surface area (Å²) in [4.78, 5) is 16.4. The molecule has 0 aliphatic rings. The average Bonchev–Trinajstić information content (AvgIpc) is 2.61. The second-order valence-corrected chi connectivity index (χ2v) is 6.29. The summed E-state index contributed by atoms with van der Waals surface area (Å²) in [6, 6.07) is 17.9. The lowest BCUT2D eigenvalue weighted by Gasteiger charge is -2.10. The van der Waals surface area contributed by atoms with Gasteiger partial charge < -0.3 is 10.6 Å². The maximum Gasteiger partial charge on any atom is 0.239 e. The van der Waals surface area contributed by atoms with Crippen molar-refractivity contribution in [1.29, 1.82) is 0 Å². The second kappa shape index (κ2) is 7.93. The van der Waals surface area contributed by atoms with Gasteiger partial charge in [0.1, 0.15) is 0 Å². The van der Waals surface area contributed by atoms with E-state index >= 15 is 0 Å². The summed E-state index contributed by atoms with van der Waals surface area (Å²) in [6.45, 7) is 0.869. The van der Waals surface area contributed by atoms with Crippen molar-refractivity contribution in [3.05, 3.63) is 70.8 Å². The topological polar surface area (TPSA) is 54.0 Å². The van der Waals surface area contributed by atoms with Crippen LogP contribution in [-0.4, -0.2) is 24.0 Å². The van der Waals surface area contributed by atoms with E-state index < -0.39 is 0 Å². The normalized spacial score (nSPS) is 10.5. The van der Waals surface area contributed by atoms with Crippen molar-refractivity contribution in [2.45, 2.75) is 6.42 Å². The fourth-order valence-corrected chi connectivity index (χ4v) is 2.99. The summed E-state index contributed by atoms with van der Waals surface area (Å²) < 4.78 is 0.941. The van der Waals surface area contributed by atoms with Gasteiger partial charge in [-0.2, -0.15) is 0 Å². The zero-order chi connectivity index (χ0) is 16.8. The molecular weight excluding hydrogens is 366 g/mol. The van der Waals surface area contributed by atoms with E-state index in [9.17, 15) is 4.79 Å². The Bertz CT molecular complexity index is 836. The summed E-state index contributed by atoms with van der Waals surface area (Å²) in [6.07, 6.45) is 2.57. The Balaban J connectivity index is 1.54. The molecule has 2 N–H and O–H groups in total. The number of hydrogen-bond acceptors (Lipinski definition) is 3. The molecule has 0 atom stereocenters. The van der Waals surface area contributed by atoms with E-state index in [0.717, 1.165) is 27.5 Å². The van der Waals surface area contributed by atoms with Crippen LogP contribution in [0.25, 0.3) is 10.9 Å². The molecule has 5 heteroatoms. The smallest absolute Gasteiger partial charge is 0.239 e. The number of amides is 1. The maximum atomic E-state index is 12.0. The van der Waals surface area contributed by atoms with Crippen molar-refractivity contribution in [1.82, 2.24) is 10.3 Å². The Hall–Kier alpha value is -2.40. The minimum absolute atomic E-state index is 0.0223. The van der Waals surface area contributed by atoms with Gasteiger partial charge in [-0.15, -0.1) is 0 Å². The minimum atomic E-state index is -0.0223. The lowest BCUT2D eigenvalue weighted by molar-refractivity contribution is -0.119. The number of rotatable bonds is 6. The zero-order valence-corrected chi connectivity index (χ0v) is 14.7. The molecule has 3 aromatic rings. The molecule has 1 amide bonds. The van der Waals surface area contributed by atoms with Gasteiger partial charge in [-0.05, 0) is 40.0 Å². The number of fused-ring (bicyclic) bond motifs is 1. The van der Waals surface area contributed by atoms with E-state index in [2.05, 4.69) is 43.7 Å². The Morgan fingerprint density at radius 2 is 1.88 bits per heavy atom. The fourth-order valence-electron chi connectivity index (χ4n) is 2.52. The molecule has 122 valence electrons. The first-order valence-corrected chi connectivity index (χ1v) is 8.61. The van der Waals surface area contributed by atoms with Crippen LogP contribution in [0, 0.1) is 0 Å². The molecule has 0 aliphatic heterocycles. The van der Waals surface area contributed by atoms with Crippen LogP contribution in [0.5, 0.6) is 0 Å². The van der Waals surface area contributed by atoms with Crippen molar-refractivity contribution < 1.29 is 4.79 Å². The van der Waals surface area contributed by atoms with Gasteiger partial charge in [0, 0.05) is 28.3 Å². The van der Waals surface area contributed by atoms with Gasteiger partial charge in [-0.1, -0.05) is 42.5 Å². The van der Waals surface area contributed by atoms with Crippen molar-refractivity contribution in [2.75, 3.05) is 18.4 Å². The van der Waals surface area contributed by atoms with Crippen LogP contribution in [0.15, 0.2) is 65.3 Å². The van der Waals surface area contributed by atoms with Gasteiger partial charge in [0.25, 0.3) is 0 Å². The highest BCUT2D eigenvalue weighted by molar-refractivity contribution is 9.10. The first-order valence-electron chi connectivity index (χ1n) is 7.82. The Morgan fingerprint density at radius 1 is 1.04 bits per heavy atom. The van der Waals surface area contributed by atoms with Gasteiger partial charge in [0.2, 0.25) is 5.91 Å². The molecule has 1 heterocycles. The monoisotopic (exact) mass is 383 g/mol. The predicted octanol–water partition coefficient (Wildman–Crippen LogP) is 3.77. The van der Waals surface area contributed by atoms with Crippen LogP contribution in [0.2, 0.25) is 0 Å². The molecule has 2 aromatic carbocycles. The summed E-state index contributed by atoms with van der Waals surface area (Å²) in [5.74, 6) is -0.0223. The van der Waals surface area contributed by atoms with Crippen LogP contribution in [0.3, 0.4) is 0 Å². The van der Waals surface area contributed by atoms with Crippen LogP contribution >= 0.6 is 15.9 Å². The molecule has 0 saturated carbocycles. The molecule has 0 unspecified atom stereocenters. The van der Waals surface area contributed by atoms with Crippen LogP contribution in [0.4, 0.5) is 5.69 Å². The van der Waals surface area contributed by atoms with Gasteiger partial charge in [-0.3, -0.25) is 9.78 Å². The van der Waals surface area contributed by atoms with Crippen LogP contribution in [-0.2, 0) is 11.2 Å². The first-order chi connectivity index (χ1) is 11.7.